The van der Waals surface area contributed by atoms with Crippen molar-refractivity contribution in [1.29, 1.82) is 0 Å². The van der Waals surface area contributed by atoms with E-state index in [0.717, 1.165) is 0 Å². The number of hydrogen-bond donors (Lipinski definition) is 1. The molecule has 0 radical (unpaired) electrons. The Kier molecular flexibility index (Phi) is 3.52. The van der Waals surface area contributed by atoms with Gasteiger partial charge in [-0.2, -0.15) is 0 Å². The molecule has 110 valence electrons. The first kappa shape index (κ1) is 14.2. The van der Waals surface area contributed by atoms with Gasteiger partial charge in [-0.05, 0) is 60.4 Å². The van der Waals surface area contributed by atoms with Gasteiger partial charge in [-0.25, -0.2) is 0 Å². The number of benzene rings is 2. The molecule has 0 amide bonds. The van der Waals surface area contributed by atoms with E-state index < -0.39 is 0 Å². The number of anilines is 1. The third-order valence-corrected chi connectivity index (χ3v) is 4.85. The van der Waals surface area contributed by atoms with Crippen molar-refractivity contribution in [3.05, 3.63) is 64.7 Å². The second-order valence-corrected chi connectivity index (χ2v) is 7.03. The predicted octanol–water partition coefficient (Wildman–Crippen LogP) is 5.53. The van der Waals surface area contributed by atoms with E-state index in [0.29, 0.717) is 6.04 Å². The maximum atomic E-state index is 3.78. The summed E-state index contributed by atoms with van der Waals surface area (Å²) in [6, 6.07) is 16.0. The molecule has 3 rings (SSSR count). The van der Waals surface area contributed by atoms with E-state index in [9.17, 15) is 0 Å². The second kappa shape index (κ2) is 5.22. The quantitative estimate of drug-likeness (QED) is 0.762. The Hall–Kier alpha value is -1.76. The molecular weight excluding hydrogens is 254 g/mol. The van der Waals surface area contributed by atoms with E-state index in [2.05, 4.69) is 75.5 Å². The zero-order chi connectivity index (χ0) is 15.0. The zero-order valence-corrected chi connectivity index (χ0v) is 13.5. The molecule has 1 nitrogen and oxygen atoms in total. The third kappa shape index (κ3) is 2.70. The first-order valence-electron chi connectivity index (χ1n) is 7.90. The molecule has 0 saturated heterocycles. The average molecular weight is 279 g/mol. The van der Waals surface area contributed by atoms with E-state index in [1.807, 2.05) is 0 Å². The van der Waals surface area contributed by atoms with Crippen LogP contribution in [0, 0.1) is 13.8 Å². The Morgan fingerprint density at radius 2 is 1.81 bits per heavy atom. The van der Waals surface area contributed by atoms with Gasteiger partial charge in [-0.1, -0.05) is 50.2 Å². The molecule has 1 aliphatic carbocycles. The van der Waals surface area contributed by atoms with Crippen LogP contribution in [0.15, 0.2) is 42.5 Å². The number of fused-ring (bicyclic) bond motifs is 1. The number of rotatable bonds is 2. The van der Waals surface area contributed by atoms with Gasteiger partial charge in [0.25, 0.3) is 0 Å². The first-order valence-corrected chi connectivity index (χ1v) is 7.90. The van der Waals surface area contributed by atoms with Gasteiger partial charge in [0.05, 0.1) is 6.04 Å². The van der Waals surface area contributed by atoms with Crippen LogP contribution in [-0.4, -0.2) is 0 Å². The van der Waals surface area contributed by atoms with Gasteiger partial charge < -0.3 is 5.32 Å². The lowest BCUT2D eigenvalue weighted by molar-refractivity contribution is 0.406. The van der Waals surface area contributed by atoms with Crippen LogP contribution in [0.4, 0.5) is 5.69 Å². The van der Waals surface area contributed by atoms with Crippen LogP contribution in [0.1, 0.15) is 55.0 Å². The molecule has 1 atom stereocenters. The first-order chi connectivity index (χ1) is 9.97. The lowest BCUT2D eigenvalue weighted by atomic mass is 9.71. The molecule has 0 aromatic heterocycles. The molecule has 0 heterocycles. The standard InChI is InChI=1S/C20H25N/c1-14-9-10-15(2)19(13-14)21-18-11-12-20(3,4)17-8-6-5-7-16(17)18/h5-10,13,18,21H,11-12H2,1-4H3. The summed E-state index contributed by atoms with van der Waals surface area (Å²) in [6.07, 6.45) is 2.42. The Morgan fingerprint density at radius 3 is 2.62 bits per heavy atom. The van der Waals surface area contributed by atoms with E-state index in [1.54, 1.807) is 0 Å². The maximum Gasteiger partial charge on any atom is 0.0517 e. The van der Waals surface area contributed by atoms with Crippen molar-refractivity contribution in [3.63, 3.8) is 0 Å². The van der Waals surface area contributed by atoms with Crippen molar-refractivity contribution in [3.8, 4) is 0 Å². The number of nitrogens with one attached hydrogen (secondary N) is 1. The Labute approximate surface area is 128 Å². The monoisotopic (exact) mass is 279 g/mol. The van der Waals surface area contributed by atoms with Gasteiger partial charge in [0.1, 0.15) is 0 Å². The van der Waals surface area contributed by atoms with Crippen molar-refractivity contribution in [2.45, 2.75) is 52.0 Å². The summed E-state index contributed by atoms with van der Waals surface area (Å²) in [5, 5.41) is 3.78. The molecule has 0 fully saturated rings. The number of hydrogen-bond acceptors (Lipinski definition) is 1. The Bertz CT molecular complexity index is 655. The molecule has 2 aromatic rings. The highest BCUT2D eigenvalue weighted by atomic mass is 14.9. The van der Waals surface area contributed by atoms with Gasteiger partial charge in [0.2, 0.25) is 0 Å². The fourth-order valence-electron chi connectivity index (χ4n) is 3.44. The zero-order valence-electron chi connectivity index (χ0n) is 13.5. The normalized spacial score (nSPS) is 19.9. The summed E-state index contributed by atoms with van der Waals surface area (Å²) in [6.45, 7) is 9.06. The van der Waals surface area contributed by atoms with Gasteiger partial charge >= 0.3 is 0 Å². The van der Waals surface area contributed by atoms with Crippen LogP contribution in [0.2, 0.25) is 0 Å². The van der Waals surface area contributed by atoms with Gasteiger partial charge in [0, 0.05) is 5.69 Å². The van der Waals surface area contributed by atoms with E-state index in [1.165, 1.54) is 40.8 Å². The van der Waals surface area contributed by atoms with E-state index in [4.69, 9.17) is 0 Å². The minimum absolute atomic E-state index is 0.288. The summed E-state index contributed by atoms with van der Waals surface area (Å²) >= 11 is 0. The van der Waals surface area contributed by atoms with Gasteiger partial charge in [-0.3, -0.25) is 0 Å². The summed E-state index contributed by atoms with van der Waals surface area (Å²) < 4.78 is 0. The fourth-order valence-corrected chi connectivity index (χ4v) is 3.44. The van der Waals surface area contributed by atoms with Crippen LogP contribution in [-0.2, 0) is 5.41 Å². The summed E-state index contributed by atoms with van der Waals surface area (Å²) in [7, 11) is 0. The molecule has 1 unspecified atom stereocenters. The lowest BCUT2D eigenvalue weighted by Gasteiger charge is -2.38. The Morgan fingerprint density at radius 1 is 1.05 bits per heavy atom. The summed E-state index contributed by atoms with van der Waals surface area (Å²) in [5.41, 5.74) is 7.16. The van der Waals surface area contributed by atoms with Gasteiger partial charge in [-0.15, -0.1) is 0 Å². The van der Waals surface area contributed by atoms with Crippen molar-refractivity contribution in [2.24, 2.45) is 0 Å². The molecule has 0 spiro atoms. The highest BCUT2D eigenvalue weighted by molar-refractivity contribution is 5.55. The van der Waals surface area contributed by atoms with Crippen molar-refractivity contribution in [1.82, 2.24) is 0 Å². The molecular formula is C20H25N. The smallest absolute Gasteiger partial charge is 0.0517 e. The second-order valence-electron chi connectivity index (χ2n) is 7.03. The molecule has 1 aliphatic rings. The maximum absolute atomic E-state index is 3.78. The average Bonchev–Trinajstić information content (AvgIpc) is 2.46. The minimum atomic E-state index is 0.288. The van der Waals surface area contributed by atoms with Crippen LogP contribution in [0.25, 0.3) is 0 Å². The largest absolute Gasteiger partial charge is 0.378 e. The van der Waals surface area contributed by atoms with Crippen molar-refractivity contribution >= 4 is 5.69 Å². The lowest BCUT2D eigenvalue weighted by Crippen LogP contribution is -2.29. The minimum Gasteiger partial charge on any atom is -0.378 e. The van der Waals surface area contributed by atoms with Crippen LogP contribution < -0.4 is 5.32 Å². The molecule has 0 bridgehead atoms. The molecule has 1 heteroatoms. The molecule has 21 heavy (non-hydrogen) atoms. The Balaban J connectivity index is 1.96. The number of aryl methyl sites for hydroxylation is 2. The molecule has 2 aromatic carbocycles. The van der Waals surface area contributed by atoms with Crippen molar-refractivity contribution < 1.29 is 0 Å². The van der Waals surface area contributed by atoms with E-state index >= 15 is 0 Å². The summed E-state index contributed by atoms with van der Waals surface area (Å²) in [4.78, 5) is 0. The SMILES string of the molecule is Cc1ccc(C)c(NC2CCC(C)(C)c3ccccc32)c1. The molecule has 1 N–H and O–H groups in total. The van der Waals surface area contributed by atoms with Crippen LogP contribution in [0.3, 0.4) is 0 Å². The van der Waals surface area contributed by atoms with Crippen LogP contribution >= 0.6 is 0 Å². The highest BCUT2D eigenvalue weighted by Crippen LogP contribution is 2.42. The molecule has 0 saturated carbocycles. The van der Waals surface area contributed by atoms with Crippen LogP contribution in [0.5, 0.6) is 0 Å². The van der Waals surface area contributed by atoms with Gasteiger partial charge in [0.15, 0.2) is 0 Å². The van der Waals surface area contributed by atoms with E-state index in [-0.39, 0.29) is 5.41 Å². The predicted molar refractivity (Wildman–Crippen MR) is 91.0 cm³/mol. The topological polar surface area (TPSA) is 12.0 Å². The molecule has 0 aliphatic heterocycles. The fraction of sp³-hybridized carbons (Fsp3) is 0.400. The highest BCUT2D eigenvalue weighted by Gasteiger charge is 2.32. The van der Waals surface area contributed by atoms with Crippen molar-refractivity contribution in [2.75, 3.05) is 5.32 Å². The summed E-state index contributed by atoms with van der Waals surface area (Å²) in [5.74, 6) is 0. The third-order valence-electron chi connectivity index (χ3n) is 4.85.